The van der Waals surface area contributed by atoms with E-state index in [1.165, 1.54) is 12.1 Å². The number of benzene rings is 1. The van der Waals surface area contributed by atoms with Gasteiger partial charge in [-0.2, -0.15) is 0 Å². The van der Waals surface area contributed by atoms with Gasteiger partial charge in [0.2, 0.25) is 0 Å². The number of aliphatic imine (C=N–C) groups is 1. The van der Waals surface area contributed by atoms with E-state index < -0.39 is 0 Å². The van der Waals surface area contributed by atoms with Gasteiger partial charge in [0.1, 0.15) is 11.7 Å². The first-order valence-electron chi connectivity index (χ1n) is 4.82. The van der Waals surface area contributed by atoms with Gasteiger partial charge in [-0.15, -0.1) is 0 Å². The molecule has 0 atom stereocenters. The summed E-state index contributed by atoms with van der Waals surface area (Å²) in [5.74, 6) is 0.760. The lowest BCUT2D eigenvalue weighted by atomic mass is 10.2. The summed E-state index contributed by atoms with van der Waals surface area (Å²) in [5, 5.41) is 3.16. The Kier molecular flexibility index (Phi) is 2.48. The quantitative estimate of drug-likeness (QED) is 0.727. The SMILES string of the molecule is Cc1ccc(F)cc1NC1=NCCC1. The molecule has 0 aromatic heterocycles. The standard InChI is InChI=1S/C11H13FN2/c1-8-4-5-9(12)7-10(8)14-11-3-2-6-13-11/h4-5,7H,2-3,6H2,1H3,(H,13,14). The molecule has 0 bridgehead atoms. The van der Waals surface area contributed by atoms with Crippen molar-refractivity contribution in [1.82, 2.24) is 0 Å². The van der Waals surface area contributed by atoms with Crippen molar-refractivity contribution in [3.8, 4) is 0 Å². The third-order valence-electron chi connectivity index (χ3n) is 2.35. The predicted molar refractivity (Wildman–Crippen MR) is 56.3 cm³/mol. The van der Waals surface area contributed by atoms with Crippen LogP contribution in [-0.2, 0) is 0 Å². The number of hydrogen-bond donors (Lipinski definition) is 1. The molecule has 1 aromatic carbocycles. The Morgan fingerprint density at radius 2 is 2.29 bits per heavy atom. The average Bonchev–Trinajstić information content (AvgIpc) is 2.64. The molecule has 74 valence electrons. The van der Waals surface area contributed by atoms with Gasteiger partial charge in [-0.1, -0.05) is 6.07 Å². The van der Waals surface area contributed by atoms with Crippen molar-refractivity contribution in [2.24, 2.45) is 4.99 Å². The summed E-state index contributed by atoms with van der Waals surface area (Å²) < 4.78 is 12.9. The number of hydrogen-bond acceptors (Lipinski definition) is 2. The van der Waals surface area contributed by atoms with Crippen LogP contribution in [0.5, 0.6) is 0 Å². The Bertz CT molecular complexity index is 372. The van der Waals surface area contributed by atoms with E-state index in [4.69, 9.17) is 0 Å². The molecule has 14 heavy (non-hydrogen) atoms. The Labute approximate surface area is 82.9 Å². The minimum atomic E-state index is -0.211. The predicted octanol–water partition coefficient (Wildman–Crippen LogP) is 2.74. The molecule has 0 saturated carbocycles. The molecular formula is C11H13FN2. The van der Waals surface area contributed by atoms with E-state index in [9.17, 15) is 4.39 Å². The van der Waals surface area contributed by atoms with Gasteiger partial charge in [0.15, 0.2) is 0 Å². The van der Waals surface area contributed by atoms with Crippen molar-refractivity contribution >= 4 is 11.5 Å². The monoisotopic (exact) mass is 192 g/mol. The maximum Gasteiger partial charge on any atom is 0.125 e. The van der Waals surface area contributed by atoms with Crippen LogP contribution in [-0.4, -0.2) is 12.4 Å². The number of nitrogens with one attached hydrogen (secondary N) is 1. The van der Waals surface area contributed by atoms with Crippen molar-refractivity contribution < 1.29 is 4.39 Å². The van der Waals surface area contributed by atoms with Gasteiger partial charge >= 0.3 is 0 Å². The Morgan fingerprint density at radius 1 is 1.43 bits per heavy atom. The zero-order chi connectivity index (χ0) is 9.97. The number of amidine groups is 1. The zero-order valence-electron chi connectivity index (χ0n) is 8.18. The summed E-state index contributed by atoms with van der Waals surface area (Å²) in [4.78, 5) is 4.28. The van der Waals surface area contributed by atoms with Gasteiger partial charge in [-0.3, -0.25) is 4.99 Å². The fraction of sp³-hybridized carbons (Fsp3) is 0.364. The van der Waals surface area contributed by atoms with E-state index in [-0.39, 0.29) is 5.82 Å². The molecule has 0 radical (unpaired) electrons. The van der Waals surface area contributed by atoms with Crippen molar-refractivity contribution in [1.29, 1.82) is 0 Å². The molecule has 2 rings (SSSR count). The zero-order valence-corrected chi connectivity index (χ0v) is 8.18. The number of halogens is 1. The molecule has 1 aliphatic rings. The normalized spacial score (nSPS) is 15.4. The van der Waals surface area contributed by atoms with Crippen LogP contribution in [0.4, 0.5) is 10.1 Å². The van der Waals surface area contributed by atoms with Crippen LogP contribution >= 0.6 is 0 Å². The van der Waals surface area contributed by atoms with Gasteiger partial charge < -0.3 is 5.32 Å². The number of anilines is 1. The molecule has 1 heterocycles. The molecular weight excluding hydrogens is 179 g/mol. The molecule has 1 aromatic rings. The number of nitrogens with zero attached hydrogens (tertiary/aromatic N) is 1. The second-order valence-corrected chi connectivity index (χ2v) is 3.52. The Hall–Kier alpha value is -1.38. The summed E-state index contributed by atoms with van der Waals surface area (Å²) in [6.07, 6.45) is 2.06. The van der Waals surface area contributed by atoms with E-state index in [0.29, 0.717) is 0 Å². The highest BCUT2D eigenvalue weighted by Gasteiger charge is 2.07. The third-order valence-corrected chi connectivity index (χ3v) is 2.35. The third kappa shape index (κ3) is 1.92. The van der Waals surface area contributed by atoms with Crippen LogP contribution in [0.15, 0.2) is 23.2 Å². The number of rotatable bonds is 1. The first kappa shape index (κ1) is 9.19. The number of aryl methyl sites for hydroxylation is 1. The summed E-state index contributed by atoms with van der Waals surface area (Å²) >= 11 is 0. The van der Waals surface area contributed by atoms with Crippen LogP contribution in [0.2, 0.25) is 0 Å². The molecule has 0 amide bonds. The Morgan fingerprint density at radius 3 is 3.00 bits per heavy atom. The summed E-state index contributed by atoms with van der Waals surface area (Å²) in [5.41, 5.74) is 1.87. The molecule has 3 heteroatoms. The van der Waals surface area contributed by atoms with Gasteiger partial charge in [0, 0.05) is 18.7 Å². The fourth-order valence-electron chi connectivity index (χ4n) is 1.53. The van der Waals surface area contributed by atoms with E-state index in [1.807, 2.05) is 6.92 Å². The lowest BCUT2D eigenvalue weighted by Crippen LogP contribution is -2.09. The van der Waals surface area contributed by atoms with E-state index >= 15 is 0 Å². The maximum absolute atomic E-state index is 12.9. The van der Waals surface area contributed by atoms with Gasteiger partial charge in [0.05, 0.1) is 0 Å². The molecule has 0 spiro atoms. The molecule has 0 aliphatic carbocycles. The summed E-state index contributed by atoms with van der Waals surface area (Å²) in [6, 6.07) is 4.75. The first-order chi connectivity index (χ1) is 6.75. The van der Waals surface area contributed by atoms with Gasteiger partial charge in [-0.05, 0) is 31.0 Å². The van der Waals surface area contributed by atoms with Crippen LogP contribution < -0.4 is 5.32 Å². The highest BCUT2D eigenvalue weighted by Crippen LogP contribution is 2.17. The van der Waals surface area contributed by atoms with Crippen LogP contribution in [0.3, 0.4) is 0 Å². The highest BCUT2D eigenvalue weighted by molar-refractivity contribution is 5.96. The minimum Gasteiger partial charge on any atom is -0.344 e. The molecule has 0 fully saturated rings. The molecule has 1 aliphatic heterocycles. The largest absolute Gasteiger partial charge is 0.344 e. The van der Waals surface area contributed by atoms with Gasteiger partial charge in [0.25, 0.3) is 0 Å². The molecule has 0 saturated heterocycles. The Balaban J connectivity index is 2.19. The molecule has 0 unspecified atom stereocenters. The summed E-state index contributed by atoms with van der Waals surface area (Å²) in [7, 11) is 0. The van der Waals surface area contributed by atoms with Crippen molar-refractivity contribution in [3.63, 3.8) is 0 Å². The second kappa shape index (κ2) is 3.78. The van der Waals surface area contributed by atoms with Gasteiger partial charge in [-0.25, -0.2) is 4.39 Å². The summed E-state index contributed by atoms with van der Waals surface area (Å²) in [6.45, 7) is 2.84. The van der Waals surface area contributed by atoms with Crippen molar-refractivity contribution in [2.45, 2.75) is 19.8 Å². The van der Waals surface area contributed by atoms with Crippen LogP contribution in [0.1, 0.15) is 18.4 Å². The fourth-order valence-corrected chi connectivity index (χ4v) is 1.53. The molecule has 1 N–H and O–H groups in total. The van der Waals surface area contributed by atoms with Crippen molar-refractivity contribution in [3.05, 3.63) is 29.6 Å². The van der Waals surface area contributed by atoms with Crippen LogP contribution in [0, 0.1) is 12.7 Å². The smallest absolute Gasteiger partial charge is 0.125 e. The minimum absolute atomic E-state index is 0.211. The molecule has 2 nitrogen and oxygen atoms in total. The van der Waals surface area contributed by atoms with E-state index in [0.717, 1.165) is 36.5 Å². The van der Waals surface area contributed by atoms with E-state index in [2.05, 4.69) is 10.3 Å². The van der Waals surface area contributed by atoms with E-state index in [1.54, 1.807) is 6.07 Å². The first-order valence-corrected chi connectivity index (χ1v) is 4.82. The lowest BCUT2D eigenvalue weighted by molar-refractivity contribution is 0.628. The maximum atomic E-state index is 12.9. The van der Waals surface area contributed by atoms with Crippen LogP contribution in [0.25, 0.3) is 0 Å². The van der Waals surface area contributed by atoms with Crippen molar-refractivity contribution in [2.75, 3.05) is 11.9 Å². The topological polar surface area (TPSA) is 24.4 Å². The second-order valence-electron chi connectivity index (χ2n) is 3.52. The lowest BCUT2D eigenvalue weighted by Gasteiger charge is -2.08. The highest BCUT2D eigenvalue weighted by atomic mass is 19.1. The average molecular weight is 192 g/mol.